The second kappa shape index (κ2) is 5.75. The summed E-state index contributed by atoms with van der Waals surface area (Å²) in [5, 5.41) is 1.80. The Balaban J connectivity index is 2.62. The predicted molar refractivity (Wildman–Crippen MR) is 86.7 cm³/mol. The number of rotatable bonds is 3. The van der Waals surface area contributed by atoms with Crippen molar-refractivity contribution in [2.24, 2.45) is 0 Å². The molecule has 0 aliphatic heterocycles. The molecule has 0 saturated heterocycles. The van der Waals surface area contributed by atoms with Gasteiger partial charge in [0.2, 0.25) is 0 Å². The highest BCUT2D eigenvalue weighted by Crippen LogP contribution is 2.12. The average molecular weight is 318 g/mol. The molecule has 2 rings (SSSR count). The van der Waals surface area contributed by atoms with Gasteiger partial charge in [0.15, 0.2) is 0 Å². The van der Waals surface area contributed by atoms with Gasteiger partial charge in [-0.25, -0.2) is 0 Å². The first-order chi connectivity index (χ1) is 9.70. The molecule has 5 heteroatoms. The smallest absolute Gasteiger partial charge is 0.282 e. The van der Waals surface area contributed by atoms with Gasteiger partial charge in [0, 0.05) is 0 Å². The van der Waals surface area contributed by atoms with Crippen LogP contribution in [-0.2, 0) is 10.1 Å². The van der Waals surface area contributed by atoms with Crippen LogP contribution in [0.25, 0.3) is 0 Å². The lowest BCUT2D eigenvalue weighted by molar-refractivity contribution is 0.483. The first-order valence-corrected chi connectivity index (χ1v) is 9.06. The quantitative estimate of drug-likeness (QED) is 0.694. The van der Waals surface area contributed by atoms with Gasteiger partial charge in [-0.1, -0.05) is 35.0 Å². The standard InChI is InChI=1S/C16H18O3SSi/c1-10-8-12(3)16(14(9-10)20(17,18)19)21-15-7-5-6-11(2)13(15)4/h5-9H,1-4H3,(H,17,18,19). The third-order valence-corrected chi connectivity index (χ3v) is 6.37. The van der Waals surface area contributed by atoms with Crippen molar-refractivity contribution in [1.29, 1.82) is 0 Å². The molecular weight excluding hydrogens is 300 g/mol. The molecule has 2 aromatic carbocycles. The largest absolute Gasteiger partial charge is 0.294 e. The molecule has 2 aromatic rings. The summed E-state index contributed by atoms with van der Waals surface area (Å²) in [5.74, 6) is 0. The fraction of sp³-hybridized carbons (Fsp3) is 0.250. The van der Waals surface area contributed by atoms with Crippen molar-refractivity contribution >= 4 is 30.0 Å². The highest BCUT2D eigenvalue weighted by atomic mass is 32.2. The molecule has 21 heavy (non-hydrogen) atoms. The summed E-state index contributed by atoms with van der Waals surface area (Å²) in [4.78, 5) is 0.0271. The van der Waals surface area contributed by atoms with E-state index in [-0.39, 0.29) is 14.4 Å². The van der Waals surface area contributed by atoms with Gasteiger partial charge in [-0.05, 0) is 55.6 Å². The van der Waals surface area contributed by atoms with Gasteiger partial charge in [0.1, 0.15) is 9.52 Å². The monoisotopic (exact) mass is 318 g/mol. The van der Waals surface area contributed by atoms with E-state index in [4.69, 9.17) is 0 Å². The molecule has 1 N–H and O–H groups in total. The Morgan fingerprint density at radius 1 is 1.00 bits per heavy atom. The van der Waals surface area contributed by atoms with E-state index in [0.29, 0.717) is 5.19 Å². The Bertz CT molecular complexity index is 795. The van der Waals surface area contributed by atoms with E-state index in [0.717, 1.165) is 21.9 Å². The van der Waals surface area contributed by atoms with Crippen LogP contribution < -0.4 is 10.4 Å². The Hall–Kier alpha value is -1.43. The Morgan fingerprint density at radius 2 is 1.67 bits per heavy atom. The number of hydrogen-bond acceptors (Lipinski definition) is 2. The number of aryl methyl sites for hydroxylation is 3. The molecule has 2 radical (unpaired) electrons. The maximum atomic E-state index is 11.7. The molecule has 0 fully saturated rings. The molecule has 0 atom stereocenters. The zero-order valence-corrected chi connectivity index (χ0v) is 14.4. The van der Waals surface area contributed by atoms with Crippen molar-refractivity contribution < 1.29 is 13.0 Å². The molecular formula is C16H18O3SSi. The van der Waals surface area contributed by atoms with Crippen LogP contribution in [0.4, 0.5) is 0 Å². The molecule has 0 unspecified atom stereocenters. The lowest BCUT2D eigenvalue weighted by Crippen LogP contribution is -2.35. The van der Waals surface area contributed by atoms with Gasteiger partial charge in [0.25, 0.3) is 10.1 Å². The fourth-order valence-corrected chi connectivity index (χ4v) is 4.91. The molecule has 0 bridgehead atoms. The van der Waals surface area contributed by atoms with Crippen LogP contribution in [0.1, 0.15) is 22.3 Å². The Morgan fingerprint density at radius 3 is 2.29 bits per heavy atom. The summed E-state index contributed by atoms with van der Waals surface area (Å²) < 4.78 is 32.8. The van der Waals surface area contributed by atoms with Gasteiger partial charge in [-0.3, -0.25) is 4.55 Å². The van der Waals surface area contributed by atoms with Crippen molar-refractivity contribution in [3.63, 3.8) is 0 Å². The van der Waals surface area contributed by atoms with Crippen LogP contribution in [-0.4, -0.2) is 22.5 Å². The van der Waals surface area contributed by atoms with Crippen molar-refractivity contribution in [3.8, 4) is 0 Å². The number of benzene rings is 2. The zero-order chi connectivity index (χ0) is 15.8. The molecule has 0 aliphatic rings. The third kappa shape index (κ3) is 3.43. The van der Waals surface area contributed by atoms with E-state index in [1.807, 2.05) is 52.0 Å². The second-order valence-corrected chi connectivity index (χ2v) is 7.98. The molecule has 0 aliphatic carbocycles. The highest BCUT2D eigenvalue weighted by molar-refractivity contribution is 7.86. The minimum absolute atomic E-state index is 0.0271. The van der Waals surface area contributed by atoms with Crippen LogP contribution in [0.5, 0.6) is 0 Å². The fourth-order valence-electron chi connectivity index (χ4n) is 2.31. The predicted octanol–water partition coefficient (Wildman–Crippen LogP) is 1.82. The SMILES string of the molecule is Cc1cc(C)c([Si]c2cccc(C)c2C)c(S(=O)(=O)O)c1. The molecule has 3 nitrogen and oxygen atoms in total. The molecule has 0 spiro atoms. The Kier molecular flexibility index (Phi) is 4.37. The summed E-state index contributed by atoms with van der Waals surface area (Å²) in [6, 6.07) is 9.50. The van der Waals surface area contributed by atoms with E-state index < -0.39 is 10.1 Å². The minimum atomic E-state index is -4.21. The summed E-state index contributed by atoms with van der Waals surface area (Å²) in [6.07, 6.45) is 0. The van der Waals surface area contributed by atoms with Gasteiger partial charge in [-0.15, -0.1) is 0 Å². The number of hydrogen-bond donors (Lipinski definition) is 1. The van der Waals surface area contributed by atoms with E-state index in [1.165, 1.54) is 11.6 Å². The Labute approximate surface area is 128 Å². The lowest BCUT2D eigenvalue weighted by atomic mass is 10.1. The third-order valence-electron chi connectivity index (χ3n) is 3.59. The van der Waals surface area contributed by atoms with E-state index in [1.54, 1.807) is 0 Å². The minimum Gasteiger partial charge on any atom is -0.282 e. The van der Waals surface area contributed by atoms with E-state index in [9.17, 15) is 13.0 Å². The van der Waals surface area contributed by atoms with Crippen molar-refractivity contribution in [2.45, 2.75) is 32.6 Å². The van der Waals surface area contributed by atoms with Crippen LogP contribution in [0, 0.1) is 27.7 Å². The maximum absolute atomic E-state index is 11.7. The normalized spacial score (nSPS) is 11.7. The van der Waals surface area contributed by atoms with Crippen molar-refractivity contribution in [1.82, 2.24) is 0 Å². The van der Waals surface area contributed by atoms with Crippen LogP contribution >= 0.6 is 0 Å². The van der Waals surface area contributed by atoms with E-state index in [2.05, 4.69) is 0 Å². The molecule has 110 valence electrons. The van der Waals surface area contributed by atoms with Crippen LogP contribution in [0.2, 0.25) is 0 Å². The van der Waals surface area contributed by atoms with Crippen molar-refractivity contribution in [2.75, 3.05) is 0 Å². The summed E-state index contributed by atoms with van der Waals surface area (Å²) >= 11 is 0. The summed E-state index contributed by atoms with van der Waals surface area (Å²) in [7, 11) is -4.01. The van der Waals surface area contributed by atoms with Crippen LogP contribution in [0.3, 0.4) is 0 Å². The van der Waals surface area contributed by atoms with Gasteiger partial charge < -0.3 is 0 Å². The maximum Gasteiger partial charge on any atom is 0.294 e. The van der Waals surface area contributed by atoms with E-state index >= 15 is 0 Å². The average Bonchev–Trinajstić information content (AvgIpc) is 2.36. The first-order valence-electron chi connectivity index (χ1n) is 6.62. The van der Waals surface area contributed by atoms with Crippen molar-refractivity contribution in [3.05, 3.63) is 52.6 Å². The molecule has 0 saturated carbocycles. The lowest BCUT2D eigenvalue weighted by Gasteiger charge is -2.14. The second-order valence-electron chi connectivity index (χ2n) is 5.30. The van der Waals surface area contributed by atoms with Crippen LogP contribution in [0.15, 0.2) is 35.2 Å². The molecule has 0 aromatic heterocycles. The van der Waals surface area contributed by atoms with Gasteiger partial charge >= 0.3 is 0 Å². The molecule has 0 heterocycles. The summed E-state index contributed by atoms with van der Waals surface area (Å²) in [6.45, 7) is 7.78. The topological polar surface area (TPSA) is 54.4 Å². The summed E-state index contributed by atoms with van der Waals surface area (Å²) in [5.41, 5.74) is 4.06. The van der Waals surface area contributed by atoms with Gasteiger partial charge in [0.05, 0.1) is 4.90 Å². The molecule has 0 amide bonds. The first kappa shape index (κ1) is 15.9. The zero-order valence-electron chi connectivity index (χ0n) is 12.6. The highest BCUT2D eigenvalue weighted by Gasteiger charge is 2.19. The van der Waals surface area contributed by atoms with Gasteiger partial charge in [-0.2, -0.15) is 8.42 Å².